The van der Waals surface area contributed by atoms with Crippen LogP contribution in [0.1, 0.15) is 19.8 Å². The van der Waals surface area contributed by atoms with E-state index in [4.69, 9.17) is 0 Å². The minimum absolute atomic E-state index is 0.0771. The highest BCUT2D eigenvalue weighted by atomic mass is 19.1. The fourth-order valence-corrected chi connectivity index (χ4v) is 2.20. The first-order chi connectivity index (χ1) is 9.08. The third-order valence-electron chi connectivity index (χ3n) is 3.52. The summed E-state index contributed by atoms with van der Waals surface area (Å²) in [5.74, 6) is -0.837. The van der Waals surface area contributed by atoms with Crippen molar-refractivity contribution in [2.24, 2.45) is 5.92 Å². The van der Waals surface area contributed by atoms with Crippen LogP contribution in [0, 0.1) is 17.6 Å². The molecule has 0 saturated carbocycles. The van der Waals surface area contributed by atoms with Gasteiger partial charge in [-0.1, -0.05) is 13.0 Å². The van der Waals surface area contributed by atoms with Crippen LogP contribution in [-0.2, 0) is 4.79 Å². The van der Waals surface area contributed by atoms with E-state index in [-0.39, 0.29) is 18.1 Å². The number of likely N-dealkylation sites (tertiary alicyclic amines) is 1. The highest BCUT2D eigenvalue weighted by molar-refractivity contribution is 5.81. The van der Waals surface area contributed by atoms with Gasteiger partial charge in [0.05, 0.1) is 6.54 Å². The zero-order chi connectivity index (χ0) is 13.8. The first kappa shape index (κ1) is 13.8. The quantitative estimate of drug-likeness (QED) is 0.914. The summed E-state index contributed by atoms with van der Waals surface area (Å²) in [4.78, 5) is 13.7. The number of hydrogen-bond donors (Lipinski definition) is 1. The highest BCUT2D eigenvalue weighted by Crippen LogP contribution is 2.19. The Labute approximate surface area is 111 Å². The molecule has 1 heterocycles. The van der Waals surface area contributed by atoms with Gasteiger partial charge in [-0.15, -0.1) is 0 Å². The largest absolute Gasteiger partial charge is 0.371 e. The maximum Gasteiger partial charge on any atom is 0.241 e. The van der Waals surface area contributed by atoms with Crippen LogP contribution in [0.25, 0.3) is 0 Å². The van der Waals surface area contributed by atoms with E-state index in [9.17, 15) is 13.6 Å². The van der Waals surface area contributed by atoms with Crippen molar-refractivity contribution < 1.29 is 13.6 Å². The fourth-order valence-electron chi connectivity index (χ4n) is 2.20. The van der Waals surface area contributed by atoms with E-state index in [1.165, 1.54) is 18.2 Å². The molecule has 19 heavy (non-hydrogen) atoms. The number of benzene rings is 1. The number of carbonyl (C=O) groups is 1. The molecule has 1 aromatic carbocycles. The monoisotopic (exact) mass is 268 g/mol. The van der Waals surface area contributed by atoms with Crippen LogP contribution in [0.15, 0.2) is 18.2 Å². The van der Waals surface area contributed by atoms with Gasteiger partial charge in [0, 0.05) is 13.1 Å². The second kappa shape index (κ2) is 5.99. The van der Waals surface area contributed by atoms with Gasteiger partial charge in [-0.3, -0.25) is 4.79 Å². The van der Waals surface area contributed by atoms with Crippen molar-refractivity contribution in [3.63, 3.8) is 0 Å². The van der Waals surface area contributed by atoms with E-state index in [1.54, 1.807) is 4.90 Å². The lowest BCUT2D eigenvalue weighted by Crippen LogP contribution is -2.41. The minimum Gasteiger partial charge on any atom is -0.371 e. The van der Waals surface area contributed by atoms with Crippen molar-refractivity contribution >= 4 is 11.6 Å². The van der Waals surface area contributed by atoms with E-state index in [1.807, 2.05) is 0 Å². The summed E-state index contributed by atoms with van der Waals surface area (Å²) in [6.45, 7) is 3.53. The van der Waals surface area contributed by atoms with Crippen molar-refractivity contribution in [2.45, 2.75) is 19.8 Å². The Morgan fingerprint density at radius 2 is 1.89 bits per heavy atom. The van der Waals surface area contributed by atoms with E-state index < -0.39 is 11.6 Å². The van der Waals surface area contributed by atoms with Gasteiger partial charge < -0.3 is 10.2 Å². The first-order valence-corrected chi connectivity index (χ1v) is 6.53. The molecular weight excluding hydrogens is 250 g/mol. The normalized spacial score (nSPS) is 16.5. The van der Waals surface area contributed by atoms with Crippen molar-refractivity contribution in [3.05, 3.63) is 29.8 Å². The Hall–Kier alpha value is -1.65. The predicted molar refractivity (Wildman–Crippen MR) is 69.8 cm³/mol. The van der Waals surface area contributed by atoms with Crippen LogP contribution < -0.4 is 5.32 Å². The molecule has 1 aromatic rings. The Bertz CT molecular complexity index is 437. The Balaban J connectivity index is 1.90. The Morgan fingerprint density at radius 1 is 1.32 bits per heavy atom. The van der Waals surface area contributed by atoms with Gasteiger partial charge in [0.1, 0.15) is 17.3 Å². The minimum atomic E-state index is -0.680. The van der Waals surface area contributed by atoms with Crippen LogP contribution in [-0.4, -0.2) is 30.4 Å². The van der Waals surface area contributed by atoms with Crippen molar-refractivity contribution in [1.82, 2.24) is 4.90 Å². The molecule has 0 aromatic heterocycles. The predicted octanol–water partition coefficient (Wildman–Crippen LogP) is 2.64. The summed E-state index contributed by atoms with van der Waals surface area (Å²) < 4.78 is 26.7. The standard InChI is InChI=1S/C14H18F2N2O/c1-10-5-7-18(8-6-10)13(19)9-17-14-11(15)3-2-4-12(14)16/h2-4,10,17H,5-9H2,1H3. The molecule has 0 atom stereocenters. The zero-order valence-corrected chi connectivity index (χ0v) is 11.0. The SMILES string of the molecule is CC1CCN(C(=O)CNc2c(F)cccc2F)CC1. The number of hydrogen-bond acceptors (Lipinski definition) is 2. The van der Waals surface area contributed by atoms with Crippen LogP contribution in [0.3, 0.4) is 0 Å². The van der Waals surface area contributed by atoms with Gasteiger partial charge in [-0.25, -0.2) is 8.78 Å². The summed E-state index contributed by atoms with van der Waals surface area (Å²) >= 11 is 0. The maximum atomic E-state index is 13.4. The number of amides is 1. The second-order valence-electron chi connectivity index (χ2n) is 5.01. The van der Waals surface area contributed by atoms with Gasteiger partial charge >= 0.3 is 0 Å². The summed E-state index contributed by atoms with van der Waals surface area (Å²) in [7, 11) is 0. The fraction of sp³-hybridized carbons (Fsp3) is 0.500. The second-order valence-corrected chi connectivity index (χ2v) is 5.01. The van der Waals surface area contributed by atoms with Gasteiger partial charge in [0.15, 0.2) is 0 Å². The molecule has 0 bridgehead atoms. The summed E-state index contributed by atoms with van der Waals surface area (Å²) in [5.41, 5.74) is -0.235. The number of anilines is 1. The Kier molecular flexibility index (Phi) is 4.35. The molecule has 1 aliphatic rings. The average molecular weight is 268 g/mol. The first-order valence-electron chi connectivity index (χ1n) is 6.53. The lowest BCUT2D eigenvalue weighted by molar-refractivity contribution is -0.130. The number of carbonyl (C=O) groups excluding carboxylic acids is 1. The molecule has 2 rings (SSSR count). The van der Waals surface area contributed by atoms with E-state index in [2.05, 4.69) is 12.2 Å². The zero-order valence-electron chi connectivity index (χ0n) is 11.0. The van der Waals surface area contributed by atoms with E-state index in [0.29, 0.717) is 5.92 Å². The summed E-state index contributed by atoms with van der Waals surface area (Å²) in [6, 6.07) is 3.63. The van der Waals surface area contributed by atoms with E-state index >= 15 is 0 Å². The number of nitrogens with zero attached hydrogens (tertiary/aromatic N) is 1. The van der Waals surface area contributed by atoms with Gasteiger partial charge in [0.2, 0.25) is 5.91 Å². The molecule has 104 valence electrons. The highest BCUT2D eigenvalue weighted by Gasteiger charge is 2.20. The van der Waals surface area contributed by atoms with Crippen molar-refractivity contribution in [1.29, 1.82) is 0 Å². The number of para-hydroxylation sites is 1. The van der Waals surface area contributed by atoms with E-state index in [0.717, 1.165) is 25.9 Å². The maximum absolute atomic E-state index is 13.4. The molecule has 3 nitrogen and oxygen atoms in total. The molecule has 0 aliphatic carbocycles. The molecular formula is C14H18F2N2O. The molecule has 5 heteroatoms. The van der Waals surface area contributed by atoms with Crippen molar-refractivity contribution in [2.75, 3.05) is 25.0 Å². The molecule has 0 spiro atoms. The van der Waals surface area contributed by atoms with Crippen molar-refractivity contribution in [3.8, 4) is 0 Å². The molecule has 0 radical (unpaired) electrons. The molecule has 0 unspecified atom stereocenters. The molecule has 1 fully saturated rings. The lowest BCUT2D eigenvalue weighted by atomic mass is 9.99. The third kappa shape index (κ3) is 3.43. The Morgan fingerprint density at radius 3 is 2.47 bits per heavy atom. The molecule has 1 N–H and O–H groups in total. The third-order valence-corrected chi connectivity index (χ3v) is 3.52. The van der Waals surface area contributed by atoms with Gasteiger partial charge in [-0.05, 0) is 30.9 Å². The number of halogens is 2. The van der Waals surface area contributed by atoms with Gasteiger partial charge in [-0.2, -0.15) is 0 Å². The van der Waals surface area contributed by atoms with Crippen LogP contribution >= 0.6 is 0 Å². The lowest BCUT2D eigenvalue weighted by Gasteiger charge is -2.30. The molecule has 1 amide bonds. The smallest absolute Gasteiger partial charge is 0.241 e. The van der Waals surface area contributed by atoms with Crippen LogP contribution in [0.4, 0.5) is 14.5 Å². The summed E-state index contributed by atoms with van der Waals surface area (Å²) in [6.07, 6.45) is 1.97. The van der Waals surface area contributed by atoms with Crippen LogP contribution in [0.2, 0.25) is 0 Å². The number of piperidine rings is 1. The number of rotatable bonds is 3. The summed E-state index contributed by atoms with van der Waals surface area (Å²) in [5, 5.41) is 2.55. The molecule has 1 aliphatic heterocycles. The average Bonchev–Trinajstić information content (AvgIpc) is 2.38. The van der Waals surface area contributed by atoms with Gasteiger partial charge in [0.25, 0.3) is 0 Å². The topological polar surface area (TPSA) is 32.3 Å². The molecule has 1 saturated heterocycles. The number of nitrogens with one attached hydrogen (secondary N) is 1. The van der Waals surface area contributed by atoms with Crippen LogP contribution in [0.5, 0.6) is 0 Å².